The van der Waals surface area contributed by atoms with E-state index in [-0.39, 0.29) is 5.41 Å². The van der Waals surface area contributed by atoms with Crippen molar-refractivity contribution in [1.82, 2.24) is 0 Å². The van der Waals surface area contributed by atoms with Crippen LogP contribution in [0.2, 0.25) is 0 Å². The Morgan fingerprint density at radius 3 is 2.33 bits per heavy atom. The zero-order valence-electron chi connectivity index (χ0n) is 11.8. The molecule has 2 heteroatoms. The lowest BCUT2D eigenvalue weighted by Crippen LogP contribution is -2.35. The zero-order valence-corrected chi connectivity index (χ0v) is 11.8. The first-order chi connectivity index (χ1) is 8.74. The molecule has 2 N–H and O–H groups in total. The highest BCUT2D eigenvalue weighted by Gasteiger charge is 2.32. The molecular weight excluding hydrogens is 222 g/mol. The number of carbonyl (C=O) groups is 1. The molecule has 0 aromatic heterocycles. The maximum absolute atomic E-state index is 12.2. The van der Waals surface area contributed by atoms with Crippen LogP contribution in [0.4, 0.5) is 0 Å². The predicted molar refractivity (Wildman–Crippen MR) is 75.4 cm³/mol. The summed E-state index contributed by atoms with van der Waals surface area (Å²) in [5.41, 5.74) is 6.12. The van der Waals surface area contributed by atoms with Crippen LogP contribution in [0.3, 0.4) is 0 Å². The minimum atomic E-state index is 0.172. The average Bonchev–Trinajstić information content (AvgIpc) is 2.91. The standard InChI is InChI=1S/C16H29NO/c17-13-16(10-4-1-5-11-16)12-15(18)9-8-14-6-2-3-7-14/h14H,1-13,17H2. The number of rotatable bonds is 6. The van der Waals surface area contributed by atoms with E-state index in [0.717, 1.165) is 25.2 Å². The summed E-state index contributed by atoms with van der Waals surface area (Å²) in [6.07, 6.45) is 14.4. The molecule has 0 heterocycles. The number of nitrogens with two attached hydrogens (primary N) is 1. The molecule has 0 unspecified atom stereocenters. The molecule has 0 saturated heterocycles. The van der Waals surface area contributed by atoms with E-state index < -0.39 is 0 Å². The molecule has 0 radical (unpaired) electrons. The summed E-state index contributed by atoms with van der Waals surface area (Å²) in [7, 11) is 0. The summed E-state index contributed by atoms with van der Waals surface area (Å²) in [5, 5.41) is 0. The predicted octanol–water partition coefficient (Wildman–Crippen LogP) is 3.83. The Bertz CT molecular complexity index is 262. The van der Waals surface area contributed by atoms with E-state index in [1.165, 1.54) is 57.8 Å². The monoisotopic (exact) mass is 251 g/mol. The van der Waals surface area contributed by atoms with Crippen LogP contribution in [-0.4, -0.2) is 12.3 Å². The third-order valence-corrected chi connectivity index (χ3v) is 5.23. The molecule has 0 atom stereocenters. The van der Waals surface area contributed by atoms with Gasteiger partial charge >= 0.3 is 0 Å². The van der Waals surface area contributed by atoms with Gasteiger partial charge in [-0.15, -0.1) is 0 Å². The number of hydrogen-bond acceptors (Lipinski definition) is 2. The van der Waals surface area contributed by atoms with Gasteiger partial charge in [-0.2, -0.15) is 0 Å². The molecule has 104 valence electrons. The van der Waals surface area contributed by atoms with E-state index in [4.69, 9.17) is 5.73 Å². The van der Waals surface area contributed by atoms with Crippen molar-refractivity contribution in [1.29, 1.82) is 0 Å². The first-order valence-corrected chi connectivity index (χ1v) is 7.96. The van der Waals surface area contributed by atoms with Crippen LogP contribution in [0.15, 0.2) is 0 Å². The molecule has 0 aromatic carbocycles. The molecule has 18 heavy (non-hydrogen) atoms. The minimum Gasteiger partial charge on any atom is -0.330 e. The normalized spacial score (nSPS) is 24.3. The quantitative estimate of drug-likeness (QED) is 0.779. The second kappa shape index (κ2) is 6.70. The summed E-state index contributed by atoms with van der Waals surface area (Å²) >= 11 is 0. The lowest BCUT2D eigenvalue weighted by atomic mass is 9.70. The number of carbonyl (C=O) groups excluding carboxylic acids is 1. The zero-order chi connectivity index (χ0) is 12.8. The van der Waals surface area contributed by atoms with Crippen LogP contribution >= 0.6 is 0 Å². The van der Waals surface area contributed by atoms with Gasteiger partial charge in [-0.1, -0.05) is 44.9 Å². The third-order valence-electron chi connectivity index (χ3n) is 5.23. The summed E-state index contributed by atoms with van der Waals surface area (Å²) in [6, 6.07) is 0. The second-order valence-corrected chi connectivity index (χ2v) is 6.67. The number of hydrogen-bond donors (Lipinski definition) is 1. The van der Waals surface area contributed by atoms with Gasteiger partial charge in [-0.05, 0) is 37.1 Å². The Morgan fingerprint density at radius 1 is 1.06 bits per heavy atom. The Balaban J connectivity index is 1.74. The maximum atomic E-state index is 12.2. The van der Waals surface area contributed by atoms with Crippen molar-refractivity contribution in [3.8, 4) is 0 Å². The van der Waals surface area contributed by atoms with Crippen LogP contribution < -0.4 is 5.73 Å². The molecule has 2 fully saturated rings. The van der Waals surface area contributed by atoms with Crippen molar-refractivity contribution in [2.24, 2.45) is 17.1 Å². The van der Waals surface area contributed by atoms with Gasteiger partial charge in [0.15, 0.2) is 0 Å². The van der Waals surface area contributed by atoms with Crippen molar-refractivity contribution in [2.75, 3.05) is 6.54 Å². The Kier molecular flexibility index (Phi) is 5.23. The lowest BCUT2D eigenvalue weighted by molar-refractivity contribution is -0.122. The summed E-state index contributed by atoms with van der Waals surface area (Å²) in [6.45, 7) is 0.710. The van der Waals surface area contributed by atoms with Crippen molar-refractivity contribution < 1.29 is 4.79 Å². The molecule has 0 aliphatic heterocycles. The van der Waals surface area contributed by atoms with E-state index in [0.29, 0.717) is 12.3 Å². The van der Waals surface area contributed by atoms with Gasteiger partial charge in [0, 0.05) is 12.8 Å². The second-order valence-electron chi connectivity index (χ2n) is 6.67. The first-order valence-electron chi connectivity index (χ1n) is 7.96. The Morgan fingerprint density at radius 2 is 1.72 bits per heavy atom. The molecule has 0 bridgehead atoms. The largest absolute Gasteiger partial charge is 0.330 e. The highest BCUT2D eigenvalue weighted by Crippen LogP contribution is 2.39. The number of Topliss-reactive ketones (excluding diaryl/α,β-unsaturated/α-hetero) is 1. The molecule has 2 rings (SSSR count). The van der Waals surface area contributed by atoms with E-state index >= 15 is 0 Å². The van der Waals surface area contributed by atoms with Gasteiger partial charge in [-0.3, -0.25) is 4.79 Å². The van der Waals surface area contributed by atoms with E-state index in [9.17, 15) is 4.79 Å². The van der Waals surface area contributed by atoms with Crippen LogP contribution in [0.25, 0.3) is 0 Å². The SMILES string of the molecule is NCC1(CC(=O)CCC2CCCC2)CCCCC1. The summed E-state index contributed by atoms with van der Waals surface area (Å²) in [5.74, 6) is 1.32. The highest BCUT2D eigenvalue weighted by molar-refractivity contribution is 5.79. The molecule has 2 nitrogen and oxygen atoms in total. The molecule has 0 spiro atoms. The minimum absolute atomic E-state index is 0.172. The van der Waals surface area contributed by atoms with Crippen molar-refractivity contribution >= 4 is 5.78 Å². The molecular formula is C16H29NO. The van der Waals surface area contributed by atoms with Gasteiger partial charge in [0.1, 0.15) is 5.78 Å². The lowest BCUT2D eigenvalue weighted by Gasteiger charge is -2.35. The third kappa shape index (κ3) is 3.81. The fourth-order valence-electron chi connectivity index (χ4n) is 3.93. The molecule has 2 aliphatic rings. The van der Waals surface area contributed by atoms with Gasteiger partial charge in [0.2, 0.25) is 0 Å². The first kappa shape index (κ1) is 14.0. The fourth-order valence-corrected chi connectivity index (χ4v) is 3.93. The van der Waals surface area contributed by atoms with Crippen molar-refractivity contribution in [3.63, 3.8) is 0 Å². The Labute approximate surface area is 112 Å². The van der Waals surface area contributed by atoms with E-state index in [1.54, 1.807) is 0 Å². The fraction of sp³-hybridized carbons (Fsp3) is 0.938. The van der Waals surface area contributed by atoms with Gasteiger partial charge in [0.05, 0.1) is 0 Å². The van der Waals surface area contributed by atoms with Crippen LogP contribution in [0, 0.1) is 11.3 Å². The molecule has 0 amide bonds. The van der Waals surface area contributed by atoms with E-state index in [1.807, 2.05) is 0 Å². The summed E-state index contributed by atoms with van der Waals surface area (Å²) < 4.78 is 0. The summed E-state index contributed by atoms with van der Waals surface area (Å²) in [4.78, 5) is 12.2. The van der Waals surface area contributed by atoms with Crippen molar-refractivity contribution in [3.05, 3.63) is 0 Å². The van der Waals surface area contributed by atoms with Gasteiger partial charge in [-0.25, -0.2) is 0 Å². The van der Waals surface area contributed by atoms with Crippen LogP contribution in [-0.2, 0) is 4.79 Å². The molecule has 0 aromatic rings. The van der Waals surface area contributed by atoms with Crippen LogP contribution in [0.5, 0.6) is 0 Å². The van der Waals surface area contributed by atoms with Crippen molar-refractivity contribution in [2.45, 2.75) is 77.0 Å². The van der Waals surface area contributed by atoms with Crippen LogP contribution in [0.1, 0.15) is 77.0 Å². The highest BCUT2D eigenvalue weighted by atomic mass is 16.1. The van der Waals surface area contributed by atoms with E-state index in [2.05, 4.69) is 0 Å². The van der Waals surface area contributed by atoms with Gasteiger partial charge < -0.3 is 5.73 Å². The average molecular weight is 251 g/mol. The number of ketones is 1. The Hall–Kier alpha value is -0.370. The molecule has 2 aliphatic carbocycles. The smallest absolute Gasteiger partial charge is 0.133 e. The topological polar surface area (TPSA) is 43.1 Å². The molecule has 2 saturated carbocycles. The maximum Gasteiger partial charge on any atom is 0.133 e. The van der Waals surface area contributed by atoms with Gasteiger partial charge in [0.25, 0.3) is 0 Å².